The number of amides is 1. The van der Waals surface area contributed by atoms with Crippen molar-refractivity contribution in [2.45, 2.75) is 11.3 Å². The molecule has 0 radical (unpaired) electrons. The maximum atomic E-state index is 12.6. The summed E-state index contributed by atoms with van der Waals surface area (Å²) in [6.07, 6.45) is 0.260. The molecule has 29 heavy (non-hydrogen) atoms. The van der Waals surface area contributed by atoms with Crippen LogP contribution >= 0.6 is 0 Å². The number of fused-ring (bicyclic) bond motifs is 1. The summed E-state index contributed by atoms with van der Waals surface area (Å²) in [6.45, 7) is 1.24. The molecule has 2 aromatic rings. The number of morpholine rings is 1. The molecule has 0 aromatic heterocycles. The van der Waals surface area contributed by atoms with Crippen LogP contribution in [-0.2, 0) is 26.0 Å². The number of carbonyl (C=O) groups excluding carboxylic acids is 2. The molecule has 0 atom stereocenters. The number of anilines is 1. The van der Waals surface area contributed by atoms with Gasteiger partial charge in [-0.15, -0.1) is 0 Å². The van der Waals surface area contributed by atoms with Gasteiger partial charge in [0.25, 0.3) is 0 Å². The summed E-state index contributed by atoms with van der Waals surface area (Å²) in [6, 6.07) is 11.1. The molecule has 2 aliphatic rings. The van der Waals surface area contributed by atoms with Crippen molar-refractivity contribution in [2.75, 3.05) is 38.2 Å². The minimum absolute atomic E-state index is 0.0898. The van der Waals surface area contributed by atoms with Gasteiger partial charge in [0, 0.05) is 24.3 Å². The van der Waals surface area contributed by atoms with E-state index in [9.17, 15) is 18.0 Å². The van der Waals surface area contributed by atoms with Crippen LogP contribution < -0.4 is 10.1 Å². The van der Waals surface area contributed by atoms with Crippen LogP contribution in [0.2, 0.25) is 0 Å². The minimum atomic E-state index is -3.57. The molecule has 2 aromatic carbocycles. The number of sulfonamides is 1. The molecule has 1 amide bonds. The van der Waals surface area contributed by atoms with Crippen molar-refractivity contribution in [3.63, 3.8) is 0 Å². The van der Waals surface area contributed by atoms with Gasteiger partial charge in [0.05, 0.1) is 24.5 Å². The van der Waals surface area contributed by atoms with Crippen LogP contribution in [0.25, 0.3) is 0 Å². The maximum absolute atomic E-state index is 12.6. The quantitative estimate of drug-likeness (QED) is 0.716. The van der Waals surface area contributed by atoms with Crippen LogP contribution in [0.4, 0.5) is 5.69 Å². The summed E-state index contributed by atoms with van der Waals surface area (Å²) in [5.74, 6) is 0.0856. The fourth-order valence-corrected chi connectivity index (χ4v) is 4.69. The minimum Gasteiger partial charge on any atom is -0.485 e. The highest BCUT2D eigenvalue weighted by molar-refractivity contribution is 7.89. The lowest BCUT2D eigenvalue weighted by Crippen LogP contribution is -2.40. The van der Waals surface area contributed by atoms with E-state index in [2.05, 4.69) is 5.32 Å². The highest BCUT2D eigenvalue weighted by Crippen LogP contribution is 2.24. The molecule has 4 rings (SSSR count). The van der Waals surface area contributed by atoms with E-state index in [4.69, 9.17) is 9.47 Å². The van der Waals surface area contributed by atoms with Gasteiger partial charge in [-0.25, -0.2) is 8.42 Å². The summed E-state index contributed by atoms with van der Waals surface area (Å²) in [4.78, 5) is 24.0. The summed E-state index contributed by atoms with van der Waals surface area (Å²) in [5, 5.41) is 2.72. The molecule has 2 aliphatic heterocycles. The van der Waals surface area contributed by atoms with E-state index in [0.29, 0.717) is 37.6 Å². The standard InChI is InChI=1S/C20H20N2O6S/c23-19(14-1-6-18-15(11-14)12-20(24)21-18)13-28-16-2-4-17(5-3-16)29(25,26)22-7-9-27-10-8-22/h1-6,11H,7-10,12-13H2,(H,21,24). The van der Waals surface area contributed by atoms with Crippen LogP contribution in [0.5, 0.6) is 5.75 Å². The van der Waals surface area contributed by atoms with Gasteiger partial charge in [-0.1, -0.05) is 0 Å². The van der Waals surface area contributed by atoms with Gasteiger partial charge in [-0.05, 0) is 48.0 Å². The Hall–Kier alpha value is -2.75. The average Bonchev–Trinajstić information content (AvgIpc) is 3.12. The van der Waals surface area contributed by atoms with Gasteiger partial charge >= 0.3 is 0 Å². The van der Waals surface area contributed by atoms with Crippen molar-refractivity contribution < 1.29 is 27.5 Å². The Morgan fingerprint density at radius 2 is 1.83 bits per heavy atom. The topological polar surface area (TPSA) is 102 Å². The summed E-state index contributed by atoms with van der Waals surface area (Å²) >= 11 is 0. The molecule has 0 unspecified atom stereocenters. The van der Waals surface area contributed by atoms with Crippen LogP contribution in [0.3, 0.4) is 0 Å². The molecule has 1 saturated heterocycles. The molecule has 9 heteroatoms. The molecule has 1 fully saturated rings. The van der Waals surface area contributed by atoms with Crippen LogP contribution in [-0.4, -0.2) is 57.3 Å². The number of Topliss-reactive ketones (excluding diaryl/α,β-unsaturated/α-hetero) is 1. The first-order valence-corrected chi connectivity index (χ1v) is 10.6. The van der Waals surface area contributed by atoms with Crippen molar-refractivity contribution in [1.82, 2.24) is 4.31 Å². The van der Waals surface area contributed by atoms with Crippen LogP contribution in [0, 0.1) is 0 Å². The van der Waals surface area contributed by atoms with Gasteiger partial charge < -0.3 is 14.8 Å². The zero-order valence-electron chi connectivity index (χ0n) is 15.6. The number of hydrogen-bond acceptors (Lipinski definition) is 6. The zero-order valence-corrected chi connectivity index (χ0v) is 16.4. The Labute approximate surface area is 168 Å². The molecule has 0 bridgehead atoms. The highest BCUT2D eigenvalue weighted by Gasteiger charge is 2.26. The zero-order chi connectivity index (χ0) is 20.4. The predicted octanol–water partition coefficient (Wildman–Crippen LogP) is 1.46. The molecular weight excluding hydrogens is 396 g/mol. The summed E-state index contributed by atoms with van der Waals surface area (Å²) < 4.78 is 37.3. The largest absolute Gasteiger partial charge is 0.485 e. The predicted molar refractivity (Wildman–Crippen MR) is 105 cm³/mol. The SMILES string of the molecule is O=C1Cc2cc(C(=O)COc3ccc(S(=O)(=O)N4CCOCC4)cc3)ccc2N1. The Balaban J connectivity index is 1.39. The summed E-state index contributed by atoms with van der Waals surface area (Å²) in [7, 11) is -3.57. The third-order valence-electron chi connectivity index (χ3n) is 4.85. The van der Waals surface area contributed by atoms with Crippen LogP contribution in [0.1, 0.15) is 15.9 Å². The Bertz CT molecular complexity index is 1040. The molecule has 0 aliphatic carbocycles. The second kappa shape index (κ2) is 7.94. The monoisotopic (exact) mass is 416 g/mol. The second-order valence-electron chi connectivity index (χ2n) is 6.80. The Kier molecular flexibility index (Phi) is 5.35. The lowest BCUT2D eigenvalue weighted by Gasteiger charge is -2.26. The van der Waals surface area contributed by atoms with E-state index in [1.165, 1.54) is 28.6 Å². The number of carbonyl (C=O) groups is 2. The number of rotatable bonds is 6. The van der Waals surface area contributed by atoms with Crippen LogP contribution in [0.15, 0.2) is 47.4 Å². The molecule has 0 saturated carbocycles. The second-order valence-corrected chi connectivity index (χ2v) is 8.73. The molecule has 2 heterocycles. The summed E-state index contributed by atoms with van der Waals surface area (Å²) in [5.41, 5.74) is 1.98. The number of hydrogen-bond donors (Lipinski definition) is 1. The van der Waals surface area contributed by atoms with Crippen molar-refractivity contribution >= 4 is 27.4 Å². The van der Waals surface area contributed by atoms with Crippen molar-refractivity contribution in [2.24, 2.45) is 0 Å². The fraction of sp³-hybridized carbons (Fsp3) is 0.300. The smallest absolute Gasteiger partial charge is 0.243 e. The maximum Gasteiger partial charge on any atom is 0.243 e. The van der Waals surface area contributed by atoms with E-state index in [1.807, 2.05) is 0 Å². The van der Waals surface area contributed by atoms with E-state index in [1.54, 1.807) is 18.2 Å². The first-order chi connectivity index (χ1) is 13.9. The van der Waals surface area contributed by atoms with Gasteiger partial charge in [-0.3, -0.25) is 9.59 Å². The van der Waals surface area contributed by atoms with E-state index in [0.717, 1.165) is 11.3 Å². The van der Waals surface area contributed by atoms with Crippen molar-refractivity contribution in [3.8, 4) is 5.75 Å². The number of benzene rings is 2. The fourth-order valence-electron chi connectivity index (χ4n) is 3.28. The van der Waals surface area contributed by atoms with Gasteiger partial charge in [0.15, 0.2) is 12.4 Å². The molecular formula is C20H20N2O6S. The van der Waals surface area contributed by atoms with E-state index >= 15 is 0 Å². The third kappa shape index (κ3) is 4.16. The van der Waals surface area contributed by atoms with Gasteiger partial charge in [0.2, 0.25) is 15.9 Å². The van der Waals surface area contributed by atoms with Gasteiger partial charge in [0.1, 0.15) is 5.75 Å². The lowest BCUT2D eigenvalue weighted by atomic mass is 10.1. The van der Waals surface area contributed by atoms with Crippen molar-refractivity contribution in [3.05, 3.63) is 53.6 Å². The van der Waals surface area contributed by atoms with E-state index < -0.39 is 10.0 Å². The Morgan fingerprint density at radius 3 is 2.55 bits per heavy atom. The Morgan fingerprint density at radius 1 is 1.10 bits per heavy atom. The highest BCUT2D eigenvalue weighted by atomic mass is 32.2. The molecule has 0 spiro atoms. The number of nitrogens with zero attached hydrogens (tertiary/aromatic N) is 1. The average molecular weight is 416 g/mol. The normalized spacial score (nSPS) is 16.9. The molecule has 152 valence electrons. The number of ether oxygens (including phenoxy) is 2. The third-order valence-corrected chi connectivity index (χ3v) is 6.77. The first kappa shape index (κ1) is 19.6. The number of ketones is 1. The van der Waals surface area contributed by atoms with Crippen molar-refractivity contribution in [1.29, 1.82) is 0 Å². The van der Waals surface area contributed by atoms with Gasteiger partial charge in [-0.2, -0.15) is 4.31 Å². The molecule has 1 N–H and O–H groups in total. The molecule has 8 nitrogen and oxygen atoms in total. The van der Waals surface area contributed by atoms with E-state index in [-0.39, 0.29) is 29.6 Å². The lowest BCUT2D eigenvalue weighted by molar-refractivity contribution is -0.115. The first-order valence-electron chi connectivity index (χ1n) is 9.20. The number of nitrogens with one attached hydrogen (secondary N) is 1.